The highest BCUT2D eigenvalue weighted by atomic mass is 16.2. The van der Waals surface area contributed by atoms with Crippen LogP contribution in [0.1, 0.15) is 50.8 Å². The van der Waals surface area contributed by atoms with E-state index in [1.54, 1.807) is 28.7 Å². The lowest BCUT2D eigenvalue weighted by Crippen LogP contribution is -2.52. The van der Waals surface area contributed by atoms with Gasteiger partial charge in [0.05, 0.1) is 5.69 Å². The first-order valence-corrected chi connectivity index (χ1v) is 12.0. The predicted molar refractivity (Wildman–Crippen MR) is 133 cm³/mol. The Morgan fingerprint density at radius 3 is 2.74 bits per heavy atom. The molecule has 3 aliphatic heterocycles. The number of nitrogens with zero attached hydrogens (tertiary/aromatic N) is 4. The number of amides is 3. The summed E-state index contributed by atoms with van der Waals surface area (Å²) in [5.74, 6) is 0.583. The van der Waals surface area contributed by atoms with E-state index in [0.717, 1.165) is 19.4 Å². The van der Waals surface area contributed by atoms with Crippen LogP contribution in [0.25, 0.3) is 6.08 Å². The Morgan fingerprint density at radius 1 is 1.26 bits per heavy atom. The van der Waals surface area contributed by atoms with E-state index in [2.05, 4.69) is 38.3 Å². The van der Waals surface area contributed by atoms with Crippen LogP contribution >= 0.6 is 0 Å². The number of aliphatic imine (C=N–C) groups is 2. The van der Waals surface area contributed by atoms with Crippen LogP contribution in [0.5, 0.6) is 0 Å². The molecule has 2 saturated heterocycles. The average molecular weight is 468 g/mol. The molecule has 1 unspecified atom stereocenters. The second-order valence-electron chi connectivity index (χ2n) is 8.89. The molecule has 10 heteroatoms. The molecule has 1 aromatic heterocycles. The first-order chi connectivity index (χ1) is 16.5. The number of carbonyl (C=O) groups excluding carboxylic acids is 2. The number of H-pyrrole nitrogens is 1. The van der Waals surface area contributed by atoms with Crippen LogP contribution in [0.4, 0.5) is 10.6 Å². The van der Waals surface area contributed by atoms with Crippen LogP contribution in [0.3, 0.4) is 0 Å². The van der Waals surface area contributed by atoms with Crippen molar-refractivity contribution in [2.45, 2.75) is 51.1 Å². The van der Waals surface area contributed by atoms with E-state index in [1.807, 2.05) is 6.21 Å². The van der Waals surface area contributed by atoms with E-state index < -0.39 is 6.04 Å². The van der Waals surface area contributed by atoms with E-state index in [9.17, 15) is 14.4 Å². The van der Waals surface area contributed by atoms with Crippen molar-refractivity contribution in [2.24, 2.45) is 15.9 Å². The molecule has 1 aromatic rings. The van der Waals surface area contributed by atoms with Crippen LogP contribution in [0, 0.1) is 5.92 Å². The van der Waals surface area contributed by atoms with Gasteiger partial charge in [-0.2, -0.15) is 0 Å². The molecular weight excluding hydrogens is 434 g/mol. The van der Waals surface area contributed by atoms with Gasteiger partial charge in [0.25, 0.3) is 0 Å². The number of carbonyl (C=O) groups is 2. The first kappa shape index (κ1) is 23.7. The summed E-state index contributed by atoms with van der Waals surface area (Å²) >= 11 is 0. The number of aromatic amines is 1. The number of urea groups is 1. The molecule has 3 amide bonds. The van der Waals surface area contributed by atoms with Gasteiger partial charge in [-0.1, -0.05) is 12.7 Å². The molecule has 4 rings (SSSR count). The topological polar surface area (TPSA) is 124 Å². The average Bonchev–Trinajstić information content (AvgIpc) is 3.06. The second kappa shape index (κ2) is 10.7. The van der Waals surface area contributed by atoms with Crippen LogP contribution in [-0.4, -0.2) is 71.0 Å². The van der Waals surface area contributed by atoms with Gasteiger partial charge in [0.2, 0.25) is 5.91 Å². The van der Waals surface area contributed by atoms with E-state index >= 15 is 0 Å². The highest BCUT2D eigenvalue weighted by Crippen LogP contribution is 2.27. The maximum absolute atomic E-state index is 12.9. The molecule has 34 heavy (non-hydrogen) atoms. The predicted octanol–water partition coefficient (Wildman–Crippen LogP) is 2.18. The monoisotopic (exact) mass is 467 g/mol. The third-order valence-corrected chi connectivity index (χ3v) is 6.81. The zero-order valence-corrected chi connectivity index (χ0v) is 19.6. The summed E-state index contributed by atoms with van der Waals surface area (Å²) in [5, 5.41) is 5.90. The lowest BCUT2D eigenvalue weighted by Gasteiger charge is -2.33. The van der Waals surface area contributed by atoms with Gasteiger partial charge in [-0.3, -0.25) is 19.3 Å². The quantitative estimate of drug-likeness (QED) is 0.575. The number of imidazole rings is 1. The number of aromatic nitrogens is 2. The highest BCUT2D eigenvalue weighted by Gasteiger charge is 2.31. The van der Waals surface area contributed by atoms with Crippen molar-refractivity contribution >= 4 is 36.3 Å². The van der Waals surface area contributed by atoms with Crippen molar-refractivity contribution in [3.05, 3.63) is 34.4 Å². The van der Waals surface area contributed by atoms with Gasteiger partial charge < -0.3 is 15.5 Å². The number of rotatable bonds is 5. The molecule has 4 heterocycles. The van der Waals surface area contributed by atoms with Gasteiger partial charge >= 0.3 is 11.7 Å². The van der Waals surface area contributed by atoms with Crippen LogP contribution in [0.15, 0.2) is 33.0 Å². The Kier molecular flexibility index (Phi) is 7.44. The molecule has 0 spiro atoms. The number of piperidine rings is 1. The molecule has 0 aromatic carbocycles. The standard InChI is InChI=1S/C24H33N7O3/c1-3-20-21(26-4-2)29-24(34)31(20)18-9-12-30(13-10-18)23(33)28-19-8-7-17(15-27-22(19)32)16-6-5-11-25-14-16/h3-4,6,14,17-19H,1,5,7-13,15H2,2H3,(H,27,32)(H,28,33)(H,29,34)/b26-4-/t17?,19-/m1/s1. The SMILES string of the molecule is C=Cc1c(/N=C\C)[nH]c(=O)n1C1CCN(C(=O)N[C@@H]2CCC(C3=CCCN=C3)CNC2=O)CC1. The normalized spacial score (nSPS) is 24.0. The van der Waals surface area contributed by atoms with Crippen molar-refractivity contribution in [1.82, 2.24) is 25.1 Å². The molecule has 2 atom stereocenters. The molecule has 0 bridgehead atoms. The van der Waals surface area contributed by atoms with Crippen molar-refractivity contribution in [3.8, 4) is 0 Å². The van der Waals surface area contributed by atoms with Crippen LogP contribution < -0.4 is 16.3 Å². The van der Waals surface area contributed by atoms with Crippen molar-refractivity contribution < 1.29 is 9.59 Å². The Hall–Kier alpha value is -3.43. The summed E-state index contributed by atoms with van der Waals surface area (Å²) in [4.78, 5) is 51.1. The van der Waals surface area contributed by atoms with Crippen LogP contribution in [-0.2, 0) is 4.79 Å². The number of hydrogen-bond donors (Lipinski definition) is 3. The van der Waals surface area contributed by atoms with Crippen molar-refractivity contribution in [3.63, 3.8) is 0 Å². The highest BCUT2D eigenvalue weighted by molar-refractivity contribution is 5.87. The lowest BCUT2D eigenvalue weighted by atomic mass is 9.92. The number of dihydropyridines is 1. The van der Waals surface area contributed by atoms with E-state index in [4.69, 9.17) is 0 Å². The molecule has 0 saturated carbocycles. The zero-order valence-electron chi connectivity index (χ0n) is 19.6. The summed E-state index contributed by atoms with van der Waals surface area (Å²) < 4.78 is 1.69. The summed E-state index contributed by atoms with van der Waals surface area (Å²) in [5.41, 5.74) is 1.61. The fourth-order valence-corrected chi connectivity index (χ4v) is 4.97. The minimum Gasteiger partial charge on any atom is -0.354 e. The Morgan fingerprint density at radius 2 is 2.06 bits per heavy atom. The zero-order chi connectivity index (χ0) is 24.1. The molecule has 3 N–H and O–H groups in total. The van der Waals surface area contributed by atoms with E-state index in [1.165, 1.54) is 5.57 Å². The number of likely N-dealkylation sites (tertiary alicyclic amines) is 1. The van der Waals surface area contributed by atoms with Crippen molar-refractivity contribution in [1.29, 1.82) is 0 Å². The largest absolute Gasteiger partial charge is 0.354 e. The molecule has 182 valence electrons. The Balaban J connectivity index is 1.34. The minimum atomic E-state index is -0.550. The third kappa shape index (κ3) is 5.05. The maximum atomic E-state index is 12.9. The molecule has 0 radical (unpaired) electrons. The van der Waals surface area contributed by atoms with Gasteiger partial charge in [-0.05, 0) is 50.7 Å². The van der Waals surface area contributed by atoms with Gasteiger partial charge in [0, 0.05) is 50.6 Å². The maximum Gasteiger partial charge on any atom is 0.327 e. The summed E-state index contributed by atoms with van der Waals surface area (Å²) in [6, 6.07) is -0.837. The molecule has 2 fully saturated rings. The first-order valence-electron chi connectivity index (χ1n) is 12.0. The van der Waals surface area contributed by atoms with Crippen molar-refractivity contribution in [2.75, 3.05) is 26.2 Å². The summed E-state index contributed by atoms with van der Waals surface area (Å²) in [6.45, 7) is 7.99. The molecular formula is C24H33N7O3. The molecule has 10 nitrogen and oxygen atoms in total. The van der Waals surface area contributed by atoms with Gasteiger partial charge in [0.1, 0.15) is 6.04 Å². The fraction of sp³-hybridized carbons (Fsp3) is 0.542. The number of nitrogens with one attached hydrogen (secondary N) is 3. The fourth-order valence-electron chi connectivity index (χ4n) is 4.97. The van der Waals surface area contributed by atoms with Crippen LogP contribution in [0.2, 0.25) is 0 Å². The summed E-state index contributed by atoms with van der Waals surface area (Å²) in [6.07, 6.45) is 11.0. The smallest absolute Gasteiger partial charge is 0.327 e. The third-order valence-electron chi connectivity index (χ3n) is 6.81. The van der Waals surface area contributed by atoms with E-state index in [0.29, 0.717) is 50.4 Å². The van der Waals surface area contributed by atoms with Gasteiger partial charge in [-0.15, -0.1) is 0 Å². The Labute approximate surface area is 198 Å². The molecule has 3 aliphatic rings. The lowest BCUT2D eigenvalue weighted by molar-refractivity contribution is -0.122. The Bertz CT molecular complexity index is 1070. The minimum absolute atomic E-state index is 0.0472. The van der Waals surface area contributed by atoms with Gasteiger partial charge in [-0.25, -0.2) is 14.6 Å². The van der Waals surface area contributed by atoms with Gasteiger partial charge in [0.15, 0.2) is 5.82 Å². The summed E-state index contributed by atoms with van der Waals surface area (Å²) in [7, 11) is 0. The molecule has 0 aliphatic carbocycles. The second-order valence-corrected chi connectivity index (χ2v) is 8.89. The number of hydrogen-bond acceptors (Lipinski definition) is 5. The van der Waals surface area contributed by atoms with E-state index in [-0.39, 0.29) is 29.6 Å².